The number of carbonyl (C=O) groups is 2. The van der Waals surface area contributed by atoms with E-state index >= 15 is 0 Å². The van der Waals surface area contributed by atoms with Gasteiger partial charge in [-0.15, -0.1) is 0 Å². The van der Waals surface area contributed by atoms with Crippen LogP contribution >= 0.6 is 0 Å². The predicted octanol–water partition coefficient (Wildman–Crippen LogP) is 1.65. The number of ether oxygens (including phenoxy) is 3. The zero-order chi connectivity index (χ0) is 16.3. The van der Waals surface area contributed by atoms with Crippen LogP contribution in [0.5, 0.6) is 11.5 Å². The van der Waals surface area contributed by atoms with Crippen molar-refractivity contribution in [3.63, 3.8) is 0 Å². The summed E-state index contributed by atoms with van der Waals surface area (Å²) in [5, 5.41) is 8.97. The molecule has 1 aromatic carbocycles. The highest BCUT2D eigenvalue weighted by atomic mass is 16.6. The summed E-state index contributed by atoms with van der Waals surface area (Å²) in [6.45, 7) is 1.58. The number of aliphatic imine (C=N–C) groups is 1. The van der Waals surface area contributed by atoms with E-state index in [0.717, 1.165) is 0 Å². The number of aliphatic carboxylic acids is 1. The van der Waals surface area contributed by atoms with Gasteiger partial charge in [0.2, 0.25) is 0 Å². The van der Waals surface area contributed by atoms with E-state index in [1.165, 1.54) is 20.3 Å². The van der Waals surface area contributed by atoms with Gasteiger partial charge >= 0.3 is 11.9 Å². The first-order valence-corrected chi connectivity index (χ1v) is 6.40. The van der Waals surface area contributed by atoms with Crippen molar-refractivity contribution >= 4 is 23.9 Å². The molecule has 0 amide bonds. The third-order valence-corrected chi connectivity index (χ3v) is 2.99. The van der Waals surface area contributed by atoms with E-state index in [1.54, 1.807) is 19.1 Å². The maximum Gasteiger partial charge on any atom is 0.363 e. The van der Waals surface area contributed by atoms with Crippen LogP contribution in [0.15, 0.2) is 22.8 Å². The maximum atomic E-state index is 11.6. The molecule has 0 aromatic heterocycles. The summed E-state index contributed by atoms with van der Waals surface area (Å²) >= 11 is 0. The number of hydrogen-bond donors (Lipinski definition) is 1. The molecule has 7 heteroatoms. The number of nitrogens with zero attached hydrogens (tertiary/aromatic N) is 1. The molecule has 1 heterocycles. The second kappa shape index (κ2) is 6.30. The van der Waals surface area contributed by atoms with Crippen LogP contribution in [0.3, 0.4) is 0 Å². The number of hydrogen-bond acceptors (Lipinski definition) is 6. The van der Waals surface area contributed by atoms with E-state index in [9.17, 15) is 9.59 Å². The van der Waals surface area contributed by atoms with E-state index in [2.05, 4.69) is 4.99 Å². The van der Waals surface area contributed by atoms with Crippen molar-refractivity contribution in [3.8, 4) is 11.5 Å². The Morgan fingerprint density at radius 3 is 2.32 bits per heavy atom. The standard InChI is InChI=1S/C15H15NO6/c1-8-16-11(15(19)22-8)4-9-5-12(20-2)10(7-14(17)18)13(6-9)21-3/h4-6H,7H2,1-3H3,(H,17,18)/b11-4-. The fraction of sp³-hybridized carbons (Fsp3) is 0.267. The number of cyclic esters (lactones) is 1. The third-order valence-electron chi connectivity index (χ3n) is 2.99. The molecule has 1 aromatic rings. The van der Waals surface area contributed by atoms with Crippen LogP contribution < -0.4 is 9.47 Å². The predicted molar refractivity (Wildman–Crippen MR) is 78.1 cm³/mol. The first-order valence-electron chi connectivity index (χ1n) is 6.40. The molecule has 0 saturated heterocycles. The summed E-state index contributed by atoms with van der Waals surface area (Å²) in [6.07, 6.45) is 1.29. The molecule has 0 bridgehead atoms. The van der Waals surface area contributed by atoms with Crippen LogP contribution in [-0.4, -0.2) is 37.2 Å². The Morgan fingerprint density at radius 1 is 1.32 bits per heavy atom. The Labute approximate surface area is 126 Å². The van der Waals surface area contributed by atoms with Crippen molar-refractivity contribution in [3.05, 3.63) is 29.0 Å². The highest BCUT2D eigenvalue weighted by Crippen LogP contribution is 2.32. The Morgan fingerprint density at radius 2 is 1.91 bits per heavy atom. The number of carbonyl (C=O) groups excluding carboxylic acids is 1. The zero-order valence-corrected chi connectivity index (χ0v) is 12.4. The molecule has 1 aliphatic heterocycles. The molecule has 2 rings (SSSR count). The van der Waals surface area contributed by atoms with E-state index in [0.29, 0.717) is 22.6 Å². The molecular formula is C15H15NO6. The number of methoxy groups -OCH3 is 2. The van der Waals surface area contributed by atoms with Gasteiger partial charge in [-0.1, -0.05) is 0 Å². The minimum atomic E-state index is -0.998. The highest BCUT2D eigenvalue weighted by Gasteiger charge is 2.21. The molecule has 0 unspecified atom stereocenters. The summed E-state index contributed by atoms with van der Waals surface area (Å²) in [7, 11) is 2.87. The smallest absolute Gasteiger partial charge is 0.363 e. The molecule has 0 fully saturated rings. The molecular weight excluding hydrogens is 290 g/mol. The lowest BCUT2D eigenvalue weighted by atomic mass is 10.0. The van der Waals surface area contributed by atoms with Gasteiger partial charge in [-0.3, -0.25) is 4.79 Å². The lowest BCUT2D eigenvalue weighted by molar-refractivity contribution is -0.136. The van der Waals surface area contributed by atoms with E-state index in [-0.39, 0.29) is 18.0 Å². The summed E-state index contributed by atoms with van der Waals surface area (Å²) < 4.78 is 15.3. The van der Waals surface area contributed by atoms with Crippen molar-refractivity contribution in [1.29, 1.82) is 0 Å². The number of rotatable bonds is 5. The molecule has 0 saturated carbocycles. The largest absolute Gasteiger partial charge is 0.496 e. The lowest BCUT2D eigenvalue weighted by Crippen LogP contribution is -2.05. The van der Waals surface area contributed by atoms with Crippen LogP contribution in [0.2, 0.25) is 0 Å². The average Bonchev–Trinajstić information content (AvgIpc) is 2.77. The van der Waals surface area contributed by atoms with Crippen molar-refractivity contribution in [2.24, 2.45) is 4.99 Å². The van der Waals surface area contributed by atoms with Gasteiger partial charge in [0.05, 0.1) is 20.6 Å². The third kappa shape index (κ3) is 3.25. The molecule has 1 N–H and O–H groups in total. The number of carboxylic acids is 1. The van der Waals surface area contributed by atoms with E-state index in [4.69, 9.17) is 19.3 Å². The Kier molecular flexibility index (Phi) is 4.45. The Bertz CT molecular complexity index is 664. The van der Waals surface area contributed by atoms with Gasteiger partial charge in [0, 0.05) is 12.5 Å². The van der Waals surface area contributed by atoms with Crippen molar-refractivity contribution in [2.45, 2.75) is 13.3 Å². The fourth-order valence-electron chi connectivity index (χ4n) is 2.09. The topological polar surface area (TPSA) is 94.4 Å². The van der Waals surface area contributed by atoms with Gasteiger partial charge in [-0.25, -0.2) is 9.79 Å². The zero-order valence-electron chi connectivity index (χ0n) is 12.4. The summed E-state index contributed by atoms with van der Waals surface area (Å²) in [4.78, 5) is 26.5. The number of carboxylic acid groups (broad SMARTS) is 1. The molecule has 0 spiro atoms. The van der Waals surface area contributed by atoms with Gasteiger partial charge in [0.15, 0.2) is 11.6 Å². The van der Waals surface area contributed by atoms with Crippen molar-refractivity contribution in [1.82, 2.24) is 0 Å². The summed E-state index contributed by atoms with van der Waals surface area (Å²) in [5.41, 5.74) is 1.18. The monoisotopic (exact) mass is 305 g/mol. The van der Waals surface area contributed by atoms with Crippen LogP contribution in [0, 0.1) is 0 Å². The lowest BCUT2D eigenvalue weighted by Gasteiger charge is -2.13. The van der Waals surface area contributed by atoms with Crippen molar-refractivity contribution in [2.75, 3.05) is 14.2 Å². The van der Waals surface area contributed by atoms with E-state index in [1.807, 2.05) is 0 Å². The van der Waals surface area contributed by atoms with Crippen LogP contribution in [-0.2, 0) is 20.7 Å². The highest BCUT2D eigenvalue weighted by molar-refractivity contribution is 6.06. The molecule has 0 radical (unpaired) electrons. The maximum absolute atomic E-state index is 11.6. The molecule has 7 nitrogen and oxygen atoms in total. The normalized spacial score (nSPS) is 15.5. The van der Waals surface area contributed by atoms with Gasteiger partial charge in [-0.05, 0) is 23.8 Å². The Hall–Kier alpha value is -2.83. The van der Waals surface area contributed by atoms with Crippen LogP contribution in [0.4, 0.5) is 0 Å². The number of esters is 1. The van der Waals surface area contributed by atoms with Gasteiger partial charge < -0.3 is 19.3 Å². The van der Waals surface area contributed by atoms with Crippen molar-refractivity contribution < 1.29 is 28.9 Å². The minimum Gasteiger partial charge on any atom is -0.496 e. The SMILES string of the molecule is COc1cc(/C=C2\N=C(C)OC2=O)cc(OC)c1CC(=O)O. The Balaban J connectivity index is 2.48. The molecule has 1 aliphatic rings. The second-order valence-electron chi connectivity index (χ2n) is 4.52. The van der Waals surface area contributed by atoms with Gasteiger partial charge in [-0.2, -0.15) is 0 Å². The minimum absolute atomic E-state index is 0.160. The fourth-order valence-corrected chi connectivity index (χ4v) is 2.09. The molecule has 0 atom stereocenters. The first kappa shape index (κ1) is 15.6. The number of benzene rings is 1. The van der Waals surface area contributed by atoms with E-state index < -0.39 is 11.9 Å². The first-order chi connectivity index (χ1) is 10.4. The summed E-state index contributed by atoms with van der Waals surface area (Å²) in [5.74, 6) is -0.536. The quantitative estimate of drug-likeness (QED) is 0.656. The van der Waals surface area contributed by atoms with Gasteiger partial charge in [0.25, 0.3) is 0 Å². The second-order valence-corrected chi connectivity index (χ2v) is 4.52. The summed E-state index contributed by atoms with van der Waals surface area (Å²) in [6, 6.07) is 3.23. The van der Waals surface area contributed by atoms with Gasteiger partial charge in [0.1, 0.15) is 11.5 Å². The molecule has 116 valence electrons. The van der Waals surface area contributed by atoms with Crippen LogP contribution in [0.25, 0.3) is 6.08 Å². The average molecular weight is 305 g/mol. The van der Waals surface area contributed by atoms with Crippen LogP contribution in [0.1, 0.15) is 18.1 Å². The molecule has 22 heavy (non-hydrogen) atoms. The molecule has 0 aliphatic carbocycles.